The molecular formula is C52H76ClN3O9. The van der Waals surface area contributed by atoms with Crippen LogP contribution in [0.1, 0.15) is 130 Å². The van der Waals surface area contributed by atoms with Gasteiger partial charge < -0.3 is 34.7 Å². The number of aliphatic hydroxyl groups excluding tert-OH is 1. The van der Waals surface area contributed by atoms with Gasteiger partial charge in [0.15, 0.2) is 5.78 Å². The van der Waals surface area contributed by atoms with E-state index in [9.17, 15) is 24.0 Å². The van der Waals surface area contributed by atoms with Crippen LogP contribution in [0, 0.1) is 64.1 Å². The van der Waals surface area contributed by atoms with Crippen LogP contribution >= 0.6 is 11.6 Å². The summed E-state index contributed by atoms with van der Waals surface area (Å²) in [5, 5.41) is 13.9. The second-order valence-electron chi connectivity index (χ2n) is 22.1. The number of hydrogen-bond acceptors (Lipinski definition) is 10. The van der Waals surface area contributed by atoms with Crippen molar-refractivity contribution in [1.29, 1.82) is 0 Å². The van der Waals surface area contributed by atoms with Crippen molar-refractivity contribution in [2.75, 3.05) is 46.6 Å². The van der Waals surface area contributed by atoms with Gasteiger partial charge in [-0.15, -0.1) is 0 Å². The van der Waals surface area contributed by atoms with Gasteiger partial charge in [0, 0.05) is 44.1 Å². The van der Waals surface area contributed by atoms with Crippen LogP contribution < -0.4 is 15.4 Å². The molecular weight excluding hydrogens is 846 g/mol. The van der Waals surface area contributed by atoms with Gasteiger partial charge in [-0.2, -0.15) is 0 Å². The number of hydrogen-bond donors (Lipinski definition) is 3. The van der Waals surface area contributed by atoms with Crippen molar-refractivity contribution in [2.24, 2.45) is 64.1 Å². The van der Waals surface area contributed by atoms with Crippen LogP contribution in [0.25, 0.3) is 0 Å². The third-order valence-corrected chi connectivity index (χ3v) is 18.2. The largest absolute Gasteiger partial charge is 0.491 e. The smallest absolute Gasteiger partial charge is 0.309 e. The minimum absolute atomic E-state index is 0.0224. The van der Waals surface area contributed by atoms with Crippen molar-refractivity contribution in [2.45, 2.75) is 137 Å². The summed E-state index contributed by atoms with van der Waals surface area (Å²) in [5.41, 5.74) is 0.412. The fraction of sp³-hybridized carbons (Fsp3) is 0.750. The molecule has 6 aliphatic carbocycles. The van der Waals surface area contributed by atoms with Gasteiger partial charge in [-0.25, -0.2) is 0 Å². The fourth-order valence-corrected chi connectivity index (χ4v) is 14.6. The Morgan fingerprint density at radius 1 is 0.985 bits per heavy atom. The molecule has 6 fully saturated rings. The maximum atomic E-state index is 14.6. The highest BCUT2D eigenvalue weighted by molar-refractivity contribution is 6.30. The first-order chi connectivity index (χ1) is 30.8. The van der Waals surface area contributed by atoms with Gasteiger partial charge in [-0.05, 0) is 153 Å². The predicted molar refractivity (Wildman–Crippen MR) is 249 cm³/mol. The van der Waals surface area contributed by atoms with E-state index in [0.29, 0.717) is 73.3 Å². The van der Waals surface area contributed by atoms with Crippen molar-refractivity contribution in [3.8, 4) is 5.75 Å². The molecule has 13 heteroatoms. The van der Waals surface area contributed by atoms with Gasteiger partial charge in [0.1, 0.15) is 30.3 Å². The van der Waals surface area contributed by atoms with E-state index < -0.39 is 17.0 Å². The number of amides is 2. The molecule has 1 saturated heterocycles. The Morgan fingerprint density at radius 2 is 1.66 bits per heavy atom. The predicted octanol–water partition coefficient (Wildman–Crippen LogP) is 7.62. The highest BCUT2D eigenvalue weighted by Gasteiger charge is 2.65. The minimum Gasteiger partial charge on any atom is -0.491 e. The number of nitrogens with zero attached hydrogens (tertiary/aromatic N) is 1. The number of rotatable bonds is 12. The van der Waals surface area contributed by atoms with Crippen LogP contribution in [0.5, 0.6) is 5.75 Å². The Morgan fingerprint density at radius 3 is 2.34 bits per heavy atom. The number of halogens is 1. The molecule has 1 aromatic carbocycles. The molecule has 1 aliphatic heterocycles. The lowest BCUT2D eigenvalue weighted by atomic mass is 9.38. The molecule has 5 saturated carbocycles. The zero-order chi connectivity index (χ0) is 47.2. The van der Waals surface area contributed by atoms with Gasteiger partial charge in [0.25, 0.3) is 5.91 Å². The number of esters is 1. The van der Waals surface area contributed by atoms with Crippen molar-refractivity contribution in [3.63, 3.8) is 0 Å². The molecule has 1 aromatic rings. The number of nitrogens with one attached hydrogen (secondary N) is 2. The Bertz CT molecular complexity index is 2010. The third kappa shape index (κ3) is 9.08. The topological polar surface area (TPSA) is 161 Å². The highest BCUT2D eigenvalue weighted by atomic mass is 35.5. The lowest BCUT2D eigenvalue weighted by molar-refractivity contribution is -0.195. The molecule has 3 N–H and O–H groups in total. The molecule has 1 heterocycles. The van der Waals surface area contributed by atoms with Crippen LogP contribution in [0.3, 0.4) is 0 Å². The third-order valence-electron chi connectivity index (χ3n) is 18.0. The van der Waals surface area contributed by atoms with Crippen molar-refractivity contribution in [3.05, 3.63) is 39.9 Å². The van der Waals surface area contributed by atoms with E-state index in [1.807, 2.05) is 6.92 Å². The van der Waals surface area contributed by atoms with Gasteiger partial charge in [-0.3, -0.25) is 24.1 Å². The summed E-state index contributed by atoms with van der Waals surface area (Å²) in [7, 11) is 1.00. The summed E-state index contributed by atoms with van der Waals surface area (Å²) in [6, 6.07) is 4.93. The van der Waals surface area contributed by atoms with Crippen LogP contribution in [0.4, 0.5) is 0 Å². The van der Waals surface area contributed by atoms with E-state index in [2.05, 4.69) is 50.2 Å². The normalized spacial score (nSPS) is 36.7. The first-order valence-electron chi connectivity index (χ1n) is 24.6. The SMILES string of the molecule is CC(C)C1=C2C3CCC4C(C)(CCC5C(C)C(OC(=O)C6CC(C=O)C6C)CCC54C)C3CCC2(NC(=O)C(C)(C)NC(=O)c2ccc(Cl)cc2OCCN2CCOCC2)CC1=O.CO. The maximum absolute atomic E-state index is 14.6. The molecule has 12 unspecified atom stereocenters. The average Bonchev–Trinajstić information content (AvgIpc) is 3.57. The van der Waals surface area contributed by atoms with Crippen LogP contribution in [0.15, 0.2) is 29.3 Å². The Kier molecular flexibility index (Phi) is 14.8. The number of aliphatic hydroxyl groups is 1. The Hall–Kier alpha value is -3.32. The van der Waals surface area contributed by atoms with E-state index in [4.69, 9.17) is 30.9 Å². The Labute approximate surface area is 392 Å². The van der Waals surface area contributed by atoms with E-state index in [0.717, 1.165) is 82.6 Å². The van der Waals surface area contributed by atoms with Gasteiger partial charge in [-0.1, -0.05) is 53.1 Å². The zero-order valence-electron chi connectivity index (χ0n) is 40.4. The molecule has 7 aliphatic rings. The first-order valence-corrected chi connectivity index (χ1v) is 25.0. The summed E-state index contributed by atoms with van der Waals surface area (Å²) in [6.45, 7) is 21.1. The fourth-order valence-electron chi connectivity index (χ4n) is 14.4. The second-order valence-corrected chi connectivity index (χ2v) is 22.5. The van der Waals surface area contributed by atoms with Crippen LogP contribution in [-0.2, 0) is 28.7 Å². The summed E-state index contributed by atoms with van der Waals surface area (Å²) in [4.78, 5) is 69.7. The van der Waals surface area contributed by atoms with Crippen molar-refractivity contribution < 1.29 is 43.3 Å². The quantitative estimate of drug-likeness (QED) is 0.141. The van der Waals surface area contributed by atoms with Gasteiger partial charge in [0.05, 0.1) is 30.2 Å². The van der Waals surface area contributed by atoms with E-state index in [1.54, 1.807) is 32.0 Å². The lowest BCUT2D eigenvalue weighted by Crippen LogP contribution is -2.65. The number of morpholine rings is 1. The zero-order valence-corrected chi connectivity index (χ0v) is 41.2. The molecule has 8 rings (SSSR count). The number of ether oxygens (including phenoxy) is 3. The molecule has 12 nitrogen and oxygen atoms in total. The number of aldehydes is 1. The molecule has 12 atom stereocenters. The molecule has 0 bridgehead atoms. The standard InChI is InChI=1S/C51H72ClN3O8.CH4O/c1-29(2)43-39(57)27-51(54-47(60)48(5,6)53-45(58)35-10-9-33(52)26-41(35)62-24-21-55-19-22-61-23-20-55)18-14-38-34(44(43)51)11-12-42-49(7)17-15-40(31(4)37(49)13-16-50(38,42)8)63-46(59)36-25-32(28-56)30(36)3;1-2/h9-10,26,28-32,34,36-38,40,42H,11-25,27H2,1-8H3,(H,53,58)(H,54,60);2H,1H3. The highest BCUT2D eigenvalue weighted by Crippen LogP contribution is 2.70. The minimum atomic E-state index is -1.31. The summed E-state index contributed by atoms with van der Waals surface area (Å²) >= 11 is 6.36. The number of Topliss-reactive ketones (excluding diaryl/α,β-unsaturated/α-hetero) is 1. The summed E-state index contributed by atoms with van der Waals surface area (Å²) in [5.74, 6) is 1.24. The molecule has 65 heavy (non-hydrogen) atoms. The van der Waals surface area contributed by atoms with Crippen molar-refractivity contribution >= 4 is 41.5 Å². The second kappa shape index (κ2) is 19.4. The number of carbonyl (C=O) groups is 5. The number of allylic oxidation sites excluding steroid dienone is 1. The number of fused-ring (bicyclic) bond motifs is 7. The van der Waals surface area contributed by atoms with E-state index in [1.165, 1.54) is 0 Å². The number of ketones is 1. The monoisotopic (exact) mass is 922 g/mol. The lowest BCUT2D eigenvalue weighted by Gasteiger charge is -2.67. The number of benzene rings is 1. The molecule has 2 amide bonds. The van der Waals surface area contributed by atoms with E-state index >= 15 is 0 Å². The van der Waals surface area contributed by atoms with Gasteiger partial charge in [0.2, 0.25) is 5.91 Å². The molecule has 0 spiro atoms. The number of carbonyl (C=O) groups excluding carboxylic acids is 5. The molecule has 0 radical (unpaired) electrons. The average molecular weight is 923 g/mol. The van der Waals surface area contributed by atoms with E-state index in [-0.39, 0.29) is 76.5 Å². The van der Waals surface area contributed by atoms with Crippen molar-refractivity contribution in [1.82, 2.24) is 15.5 Å². The van der Waals surface area contributed by atoms with Gasteiger partial charge >= 0.3 is 5.97 Å². The summed E-state index contributed by atoms with van der Waals surface area (Å²) < 4.78 is 17.9. The van der Waals surface area contributed by atoms with Crippen LogP contribution in [-0.4, -0.2) is 104 Å². The summed E-state index contributed by atoms with van der Waals surface area (Å²) in [6.07, 6.45) is 9.41. The van der Waals surface area contributed by atoms with Crippen LogP contribution in [0.2, 0.25) is 5.02 Å². The first kappa shape index (κ1) is 49.6. The Balaban J connectivity index is 0.00000311. The maximum Gasteiger partial charge on any atom is 0.309 e. The molecule has 360 valence electrons. The molecule has 0 aromatic heterocycles.